The van der Waals surface area contributed by atoms with Gasteiger partial charge < -0.3 is 15.2 Å². The lowest BCUT2D eigenvalue weighted by molar-refractivity contribution is 0.216. The van der Waals surface area contributed by atoms with Crippen LogP contribution < -0.4 is 15.2 Å². The molecule has 94 valence electrons. The summed E-state index contributed by atoms with van der Waals surface area (Å²) in [5, 5.41) is 0. The lowest BCUT2D eigenvalue weighted by Gasteiger charge is -2.08. The van der Waals surface area contributed by atoms with E-state index in [2.05, 4.69) is 4.98 Å². The molecule has 0 saturated heterocycles. The summed E-state index contributed by atoms with van der Waals surface area (Å²) in [6.45, 7) is 1.43. The Morgan fingerprint density at radius 1 is 0.889 bits per heavy atom. The van der Waals surface area contributed by atoms with Crippen molar-refractivity contribution in [2.75, 3.05) is 13.2 Å². The van der Waals surface area contributed by atoms with Gasteiger partial charge in [0.1, 0.15) is 24.7 Å². The number of hydrogen-bond acceptors (Lipinski definition) is 4. The molecule has 2 N–H and O–H groups in total. The molecule has 0 aliphatic rings. The lowest BCUT2D eigenvalue weighted by Crippen LogP contribution is -2.09. The van der Waals surface area contributed by atoms with Crippen LogP contribution in [-0.2, 0) is 6.54 Å². The molecule has 4 nitrogen and oxygen atoms in total. The Morgan fingerprint density at radius 2 is 1.61 bits per heavy atom. The zero-order valence-corrected chi connectivity index (χ0v) is 10.1. The highest BCUT2D eigenvalue weighted by molar-refractivity contribution is 5.21. The van der Waals surface area contributed by atoms with Crippen molar-refractivity contribution in [3.63, 3.8) is 0 Å². The van der Waals surface area contributed by atoms with Crippen LogP contribution in [0.2, 0.25) is 0 Å². The number of para-hydroxylation sites is 1. The fourth-order valence-electron chi connectivity index (χ4n) is 1.45. The number of benzene rings is 1. The van der Waals surface area contributed by atoms with Gasteiger partial charge in [0.05, 0.1) is 11.9 Å². The zero-order valence-electron chi connectivity index (χ0n) is 10.1. The van der Waals surface area contributed by atoms with Gasteiger partial charge in [0.2, 0.25) is 0 Å². The highest BCUT2D eigenvalue weighted by atomic mass is 16.5. The smallest absolute Gasteiger partial charge is 0.137 e. The van der Waals surface area contributed by atoms with Gasteiger partial charge in [0.15, 0.2) is 0 Å². The van der Waals surface area contributed by atoms with E-state index in [0.29, 0.717) is 19.8 Å². The van der Waals surface area contributed by atoms with Crippen LogP contribution in [0, 0.1) is 0 Å². The summed E-state index contributed by atoms with van der Waals surface area (Å²) in [7, 11) is 0. The van der Waals surface area contributed by atoms with E-state index in [1.807, 2.05) is 42.5 Å². The highest BCUT2D eigenvalue weighted by Gasteiger charge is 1.96. The number of nitrogens with two attached hydrogens (primary N) is 1. The van der Waals surface area contributed by atoms with Gasteiger partial charge in [-0.25, -0.2) is 0 Å². The van der Waals surface area contributed by atoms with Crippen molar-refractivity contribution in [2.45, 2.75) is 6.54 Å². The van der Waals surface area contributed by atoms with Gasteiger partial charge in [-0.2, -0.15) is 0 Å². The second kappa shape index (κ2) is 6.61. The zero-order chi connectivity index (χ0) is 12.6. The van der Waals surface area contributed by atoms with E-state index in [1.54, 1.807) is 6.20 Å². The Hall–Kier alpha value is -2.07. The van der Waals surface area contributed by atoms with Crippen LogP contribution in [0.1, 0.15) is 5.69 Å². The predicted octanol–water partition coefficient (Wildman–Crippen LogP) is 2.00. The molecule has 0 aliphatic carbocycles. The quantitative estimate of drug-likeness (QED) is 0.790. The first-order valence-electron chi connectivity index (χ1n) is 5.84. The fourth-order valence-corrected chi connectivity index (χ4v) is 1.45. The number of ether oxygens (including phenoxy) is 2. The highest BCUT2D eigenvalue weighted by Crippen LogP contribution is 2.10. The lowest BCUT2D eigenvalue weighted by atomic mass is 10.3. The molecule has 0 atom stereocenters. The van der Waals surface area contributed by atoms with E-state index in [-0.39, 0.29) is 0 Å². The largest absolute Gasteiger partial charge is 0.490 e. The Bertz CT molecular complexity index is 457. The second-order valence-corrected chi connectivity index (χ2v) is 3.70. The maximum absolute atomic E-state index is 5.51. The summed E-state index contributed by atoms with van der Waals surface area (Å²) in [4.78, 5) is 4.14. The Morgan fingerprint density at radius 3 is 2.22 bits per heavy atom. The van der Waals surface area contributed by atoms with Crippen LogP contribution in [0.5, 0.6) is 11.5 Å². The third kappa shape index (κ3) is 3.75. The number of rotatable bonds is 6. The predicted molar refractivity (Wildman–Crippen MR) is 69.6 cm³/mol. The maximum Gasteiger partial charge on any atom is 0.137 e. The van der Waals surface area contributed by atoms with E-state index in [4.69, 9.17) is 15.2 Å². The topological polar surface area (TPSA) is 57.4 Å². The van der Waals surface area contributed by atoms with Crippen LogP contribution in [-0.4, -0.2) is 18.2 Å². The van der Waals surface area contributed by atoms with Gasteiger partial charge in [0, 0.05) is 6.54 Å². The molecular weight excluding hydrogens is 228 g/mol. The van der Waals surface area contributed by atoms with Crippen molar-refractivity contribution in [1.82, 2.24) is 4.98 Å². The number of aromatic nitrogens is 1. The van der Waals surface area contributed by atoms with Gasteiger partial charge in [-0.3, -0.25) is 4.98 Å². The van der Waals surface area contributed by atoms with Crippen molar-refractivity contribution in [2.24, 2.45) is 5.73 Å². The molecule has 2 rings (SSSR count). The fraction of sp³-hybridized carbons (Fsp3) is 0.214. The van der Waals surface area contributed by atoms with Crippen LogP contribution in [0.15, 0.2) is 48.7 Å². The van der Waals surface area contributed by atoms with E-state index < -0.39 is 0 Å². The van der Waals surface area contributed by atoms with Gasteiger partial charge >= 0.3 is 0 Å². The van der Waals surface area contributed by atoms with Gasteiger partial charge in [0.25, 0.3) is 0 Å². The molecule has 1 heterocycles. The molecule has 18 heavy (non-hydrogen) atoms. The molecular formula is C14H16N2O2. The second-order valence-electron chi connectivity index (χ2n) is 3.70. The Balaban J connectivity index is 1.72. The summed E-state index contributed by atoms with van der Waals surface area (Å²) in [6, 6.07) is 13.4. The molecule has 1 aromatic heterocycles. The first-order chi connectivity index (χ1) is 8.88. The van der Waals surface area contributed by atoms with Crippen molar-refractivity contribution < 1.29 is 9.47 Å². The minimum atomic E-state index is 0.442. The molecule has 2 aromatic rings. The van der Waals surface area contributed by atoms with Crippen molar-refractivity contribution in [3.05, 3.63) is 54.4 Å². The molecule has 0 radical (unpaired) electrons. The summed E-state index contributed by atoms with van der Waals surface area (Å²) in [5.41, 5.74) is 6.31. The molecule has 4 heteroatoms. The standard InChI is InChI=1S/C14H16N2O2/c15-10-12-6-7-14(11-16-12)18-9-8-17-13-4-2-1-3-5-13/h1-7,11H,8-10,15H2. The van der Waals surface area contributed by atoms with Crippen molar-refractivity contribution in [1.29, 1.82) is 0 Å². The van der Waals surface area contributed by atoms with Crippen molar-refractivity contribution >= 4 is 0 Å². The van der Waals surface area contributed by atoms with Gasteiger partial charge in [-0.05, 0) is 24.3 Å². The monoisotopic (exact) mass is 244 g/mol. The van der Waals surface area contributed by atoms with E-state index >= 15 is 0 Å². The summed E-state index contributed by atoms with van der Waals surface area (Å²) >= 11 is 0. The molecule has 0 spiro atoms. The first kappa shape index (κ1) is 12.4. The SMILES string of the molecule is NCc1ccc(OCCOc2ccccc2)cn1. The third-order valence-corrected chi connectivity index (χ3v) is 2.37. The van der Waals surface area contributed by atoms with E-state index in [0.717, 1.165) is 17.2 Å². The van der Waals surface area contributed by atoms with Crippen LogP contribution >= 0.6 is 0 Å². The summed E-state index contributed by atoms with van der Waals surface area (Å²) in [5.74, 6) is 1.57. The number of hydrogen-bond donors (Lipinski definition) is 1. The minimum absolute atomic E-state index is 0.442. The van der Waals surface area contributed by atoms with E-state index in [1.165, 1.54) is 0 Å². The Kier molecular flexibility index (Phi) is 4.55. The molecule has 0 amide bonds. The molecule has 0 aliphatic heterocycles. The van der Waals surface area contributed by atoms with Crippen LogP contribution in [0.3, 0.4) is 0 Å². The molecule has 0 saturated carbocycles. The normalized spacial score (nSPS) is 10.1. The number of pyridine rings is 1. The molecule has 0 unspecified atom stereocenters. The molecule has 1 aromatic carbocycles. The average molecular weight is 244 g/mol. The van der Waals surface area contributed by atoms with Gasteiger partial charge in [-0.1, -0.05) is 18.2 Å². The van der Waals surface area contributed by atoms with Crippen LogP contribution in [0.4, 0.5) is 0 Å². The number of nitrogens with zero attached hydrogens (tertiary/aromatic N) is 1. The Labute approximate surface area is 106 Å². The van der Waals surface area contributed by atoms with Gasteiger partial charge in [-0.15, -0.1) is 0 Å². The summed E-state index contributed by atoms with van der Waals surface area (Å²) in [6.07, 6.45) is 1.67. The van der Waals surface area contributed by atoms with Crippen LogP contribution in [0.25, 0.3) is 0 Å². The van der Waals surface area contributed by atoms with Crippen molar-refractivity contribution in [3.8, 4) is 11.5 Å². The third-order valence-electron chi connectivity index (χ3n) is 2.37. The maximum atomic E-state index is 5.51. The summed E-state index contributed by atoms with van der Waals surface area (Å²) < 4.78 is 11.0. The average Bonchev–Trinajstić information content (AvgIpc) is 2.45. The molecule has 0 bridgehead atoms. The first-order valence-corrected chi connectivity index (χ1v) is 5.84. The minimum Gasteiger partial charge on any atom is -0.490 e. The van der Waals surface area contributed by atoms with E-state index in [9.17, 15) is 0 Å². The molecule has 0 fully saturated rings.